The monoisotopic (exact) mass is 244 g/mol. The van der Waals surface area contributed by atoms with E-state index in [9.17, 15) is 9.90 Å². The maximum absolute atomic E-state index is 10.6. The number of furan rings is 1. The highest BCUT2D eigenvalue weighted by molar-refractivity contribution is 7.99. The first kappa shape index (κ1) is 13.1. The molecule has 0 radical (unpaired) electrons. The van der Waals surface area contributed by atoms with Crippen LogP contribution >= 0.6 is 11.8 Å². The van der Waals surface area contributed by atoms with Gasteiger partial charge in [0.05, 0.1) is 5.60 Å². The van der Waals surface area contributed by atoms with Crippen molar-refractivity contribution in [3.63, 3.8) is 0 Å². The Morgan fingerprint density at radius 2 is 2.19 bits per heavy atom. The average molecular weight is 244 g/mol. The summed E-state index contributed by atoms with van der Waals surface area (Å²) in [5, 5.41) is 19.2. The topological polar surface area (TPSA) is 70.7 Å². The van der Waals surface area contributed by atoms with Gasteiger partial charge in [-0.25, -0.2) is 4.79 Å². The van der Waals surface area contributed by atoms with E-state index >= 15 is 0 Å². The molecule has 1 aromatic heterocycles. The molecule has 0 bridgehead atoms. The van der Waals surface area contributed by atoms with Crippen LogP contribution in [0.5, 0.6) is 0 Å². The maximum Gasteiger partial charge on any atom is 0.371 e. The van der Waals surface area contributed by atoms with E-state index in [0.29, 0.717) is 10.8 Å². The molecule has 0 spiro atoms. The molecule has 5 heteroatoms. The summed E-state index contributed by atoms with van der Waals surface area (Å²) < 4.78 is 5.07. The largest absolute Gasteiger partial charge is 0.475 e. The summed E-state index contributed by atoms with van der Waals surface area (Å²) in [6.07, 6.45) is 0. The van der Waals surface area contributed by atoms with E-state index in [0.717, 1.165) is 0 Å². The highest BCUT2D eigenvalue weighted by Gasteiger charge is 2.25. The van der Waals surface area contributed by atoms with Crippen LogP contribution in [0.2, 0.25) is 0 Å². The Labute approximate surface area is 98.7 Å². The van der Waals surface area contributed by atoms with E-state index in [2.05, 4.69) is 0 Å². The molecule has 4 nitrogen and oxygen atoms in total. The smallest absolute Gasteiger partial charge is 0.371 e. The first-order valence-corrected chi connectivity index (χ1v) is 6.00. The summed E-state index contributed by atoms with van der Waals surface area (Å²) >= 11 is 1.31. The number of carboxylic acids is 1. The molecule has 2 N–H and O–H groups in total. The van der Waals surface area contributed by atoms with E-state index in [-0.39, 0.29) is 11.7 Å². The van der Waals surface area contributed by atoms with Crippen LogP contribution in [0.25, 0.3) is 0 Å². The van der Waals surface area contributed by atoms with Gasteiger partial charge >= 0.3 is 5.97 Å². The lowest BCUT2D eigenvalue weighted by Crippen LogP contribution is -2.33. The quantitative estimate of drug-likeness (QED) is 0.779. The van der Waals surface area contributed by atoms with Crippen molar-refractivity contribution in [2.75, 3.05) is 5.75 Å². The van der Waals surface area contributed by atoms with Gasteiger partial charge in [0, 0.05) is 5.75 Å². The lowest BCUT2D eigenvalue weighted by atomic mass is 9.95. The lowest BCUT2D eigenvalue weighted by molar-refractivity contribution is 0.0375. The maximum atomic E-state index is 10.6. The molecule has 1 unspecified atom stereocenters. The van der Waals surface area contributed by atoms with Crippen molar-refractivity contribution in [3.8, 4) is 0 Å². The third kappa shape index (κ3) is 3.28. The van der Waals surface area contributed by atoms with Gasteiger partial charge in [-0.15, -0.1) is 0 Å². The summed E-state index contributed by atoms with van der Waals surface area (Å²) in [6, 6.07) is 3.01. The Balaban J connectivity index is 2.58. The Bertz CT molecular complexity index is 368. The number of carbonyl (C=O) groups is 1. The van der Waals surface area contributed by atoms with Crippen LogP contribution in [0, 0.1) is 5.92 Å². The van der Waals surface area contributed by atoms with Gasteiger partial charge in [-0.2, -0.15) is 0 Å². The fraction of sp³-hybridized carbons (Fsp3) is 0.545. The van der Waals surface area contributed by atoms with Crippen LogP contribution in [0.15, 0.2) is 21.6 Å². The highest BCUT2D eigenvalue weighted by atomic mass is 32.2. The Kier molecular flexibility index (Phi) is 4.04. The van der Waals surface area contributed by atoms with Gasteiger partial charge in [-0.3, -0.25) is 0 Å². The molecule has 0 aromatic carbocycles. The number of rotatable bonds is 5. The number of carboxylic acid groups (broad SMARTS) is 1. The first-order valence-electron chi connectivity index (χ1n) is 5.01. The Hall–Kier alpha value is -0.940. The standard InChI is InChI=1S/C11H16O4S/c1-7(2)11(3,14)6-16-9-5-4-8(15-9)10(12)13/h4-5,7,14H,6H2,1-3H3,(H,12,13). The second kappa shape index (κ2) is 4.93. The molecule has 1 rings (SSSR count). The van der Waals surface area contributed by atoms with E-state index in [1.165, 1.54) is 17.8 Å². The predicted octanol–water partition coefficient (Wildman–Crippen LogP) is 2.48. The van der Waals surface area contributed by atoms with Gasteiger partial charge in [0.2, 0.25) is 5.76 Å². The third-order valence-corrected chi connectivity index (χ3v) is 3.78. The van der Waals surface area contributed by atoms with Gasteiger partial charge in [-0.05, 0) is 25.0 Å². The first-order chi connectivity index (χ1) is 7.33. The SMILES string of the molecule is CC(C)C(C)(O)CSc1ccc(C(=O)O)o1. The van der Waals surface area contributed by atoms with Crippen molar-refractivity contribution in [2.45, 2.75) is 31.5 Å². The number of aromatic carboxylic acids is 1. The predicted molar refractivity (Wildman–Crippen MR) is 61.9 cm³/mol. The number of hydrogen-bond acceptors (Lipinski definition) is 4. The van der Waals surface area contributed by atoms with Crippen molar-refractivity contribution in [1.82, 2.24) is 0 Å². The molecule has 0 fully saturated rings. The molecule has 0 saturated carbocycles. The van der Waals surface area contributed by atoms with Gasteiger partial charge in [0.15, 0.2) is 5.09 Å². The molecule has 1 aromatic rings. The van der Waals surface area contributed by atoms with Crippen LogP contribution in [0.4, 0.5) is 0 Å². The normalized spacial score (nSPS) is 15.1. The molecule has 1 atom stereocenters. The summed E-state index contributed by atoms with van der Waals surface area (Å²) in [5.41, 5.74) is -0.791. The van der Waals surface area contributed by atoms with E-state index < -0.39 is 11.6 Å². The van der Waals surface area contributed by atoms with Crippen molar-refractivity contribution >= 4 is 17.7 Å². The van der Waals surface area contributed by atoms with E-state index in [1.807, 2.05) is 13.8 Å². The summed E-state index contributed by atoms with van der Waals surface area (Å²) in [4.78, 5) is 10.6. The number of hydrogen-bond donors (Lipinski definition) is 2. The van der Waals surface area contributed by atoms with Crippen molar-refractivity contribution in [2.24, 2.45) is 5.92 Å². The lowest BCUT2D eigenvalue weighted by Gasteiger charge is -2.26. The third-order valence-electron chi connectivity index (χ3n) is 2.54. The summed E-state index contributed by atoms with van der Waals surface area (Å²) in [5.74, 6) is -0.555. The zero-order valence-electron chi connectivity index (χ0n) is 9.56. The van der Waals surface area contributed by atoms with E-state index in [1.54, 1.807) is 13.0 Å². The molecule has 0 aliphatic heterocycles. The van der Waals surface area contributed by atoms with Gasteiger partial charge in [-0.1, -0.05) is 25.6 Å². The van der Waals surface area contributed by atoms with Gasteiger partial charge < -0.3 is 14.6 Å². The Morgan fingerprint density at radius 1 is 1.56 bits per heavy atom. The molecule has 0 aliphatic carbocycles. The number of aliphatic hydroxyl groups is 1. The second-order valence-corrected chi connectivity index (χ2v) is 5.20. The summed E-state index contributed by atoms with van der Waals surface area (Å²) in [6.45, 7) is 5.63. The molecular weight excluding hydrogens is 228 g/mol. The average Bonchev–Trinajstić information content (AvgIpc) is 2.63. The molecule has 0 amide bonds. The van der Waals surface area contributed by atoms with E-state index in [4.69, 9.17) is 9.52 Å². The minimum Gasteiger partial charge on any atom is -0.475 e. The molecule has 1 heterocycles. The van der Waals surface area contributed by atoms with Crippen LogP contribution in [0.1, 0.15) is 31.3 Å². The van der Waals surface area contributed by atoms with Crippen molar-refractivity contribution in [1.29, 1.82) is 0 Å². The molecule has 16 heavy (non-hydrogen) atoms. The van der Waals surface area contributed by atoms with Crippen LogP contribution in [0.3, 0.4) is 0 Å². The highest BCUT2D eigenvalue weighted by Crippen LogP contribution is 2.28. The van der Waals surface area contributed by atoms with Crippen LogP contribution in [-0.2, 0) is 0 Å². The van der Waals surface area contributed by atoms with Gasteiger partial charge in [0.1, 0.15) is 0 Å². The van der Waals surface area contributed by atoms with Crippen molar-refractivity contribution < 1.29 is 19.4 Å². The number of thioether (sulfide) groups is 1. The minimum atomic E-state index is -1.08. The van der Waals surface area contributed by atoms with Crippen LogP contribution in [-0.4, -0.2) is 27.5 Å². The van der Waals surface area contributed by atoms with Crippen molar-refractivity contribution in [3.05, 3.63) is 17.9 Å². The fourth-order valence-corrected chi connectivity index (χ4v) is 1.98. The van der Waals surface area contributed by atoms with Gasteiger partial charge in [0.25, 0.3) is 0 Å². The zero-order chi connectivity index (χ0) is 12.3. The summed E-state index contributed by atoms with van der Waals surface area (Å²) in [7, 11) is 0. The molecule has 0 saturated heterocycles. The second-order valence-electron chi connectivity index (χ2n) is 4.22. The van der Waals surface area contributed by atoms with Crippen LogP contribution < -0.4 is 0 Å². The zero-order valence-corrected chi connectivity index (χ0v) is 10.4. The molecular formula is C11H16O4S. The minimum absolute atomic E-state index is 0.0771. The molecule has 0 aliphatic rings. The Morgan fingerprint density at radius 3 is 2.62 bits per heavy atom. The fourth-order valence-electron chi connectivity index (χ4n) is 0.897. The molecule has 90 valence electrons.